The third-order valence-electron chi connectivity index (χ3n) is 1.99. The van der Waals surface area contributed by atoms with E-state index in [1.807, 2.05) is 13.8 Å². The first-order valence-corrected chi connectivity index (χ1v) is 4.91. The smallest absolute Gasteiger partial charge is 0.199 e. The quantitative estimate of drug-likeness (QED) is 0.409. The van der Waals surface area contributed by atoms with E-state index in [1.165, 1.54) is 0 Å². The number of anilines is 2. The van der Waals surface area contributed by atoms with Gasteiger partial charge in [-0.3, -0.25) is 0 Å². The molecule has 0 saturated heterocycles. The summed E-state index contributed by atoms with van der Waals surface area (Å²) in [6.45, 7) is 5.56. The number of hydrogen-bond donors (Lipinski definition) is 2. The van der Waals surface area contributed by atoms with Crippen molar-refractivity contribution in [3.8, 4) is 0 Å². The third kappa shape index (κ3) is 1.79. The van der Waals surface area contributed by atoms with Crippen LogP contribution in [0.1, 0.15) is 20.8 Å². The Morgan fingerprint density at radius 3 is 1.38 bits per heavy atom. The van der Waals surface area contributed by atoms with E-state index < -0.39 is 29.4 Å². The van der Waals surface area contributed by atoms with Crippen LogP contribution in [0.15, 0.2) is 0 Å². The zero-order chi connectivity index (χ0) is 12.5. The Hall–Kier alpha value is -1.46. The maximum atomic E-state index is 13.0. The van der Waals surface area contributed by atoms with Crippen LogP contribution in [0.3, 0.4) is 0 Å². The van der Waals surface area contributed by atoms with E-state index in [0.717, 1.165) is 0 Å². The summed E-state index contributed by atoms with van der Waals surface area (Å²) in [6, 6.07) is 0. The number of benzene rings is 1. The standard InChI is InChI=1S/C8H6F4N2.C2H6/c1-2-13-7-5(11)3(9)4(10)6(12)8(7)14-2;1-2/h2,13-14H,1H3;1-2H3. The summed E-state index contributed by atoms with van der Waals surface area (Å²) in [6.07, 6.45) is -0.463. The van der Waals surface area contributed by atoms with E-state index in [2.05, 4.69) is 10.6 Å². The van der Waals surface area contributed by atoms with Gasteiger partial charge < -0.3 is 10.6 Å². The molecule has 2 N–H and O–H groups in total. The van der Waals surface area contributed by atoms with Crippen LogP contribution < -0.4 is 10.6 Å². The highest BCUT2D eigenvalue weighted by Gasteiger charge is 2.30. The molecule has 0 atom stereocenters. The molecule has 0 saturated carbocycles. The van der Waals surface area contributed by atoms with Crippen molar-refractivity contribution in [2.45, 2.75) is 26.9 Å². The molecule has 90 valence electrons. The molecule has 0 fully saturated rings. The number of halogens is 4. The molecule has 6 heteroatoms. The summed E-state index contributed by atoms with van der Waals surface area (Å²) in [5.74, 6) is -6.42. The normalized spacial score (nSPS) is 13.4. The lowest BCUT2D eigenvalue weighted by molar-refractivity contribution is 0.414. The highest BCUT2D eigenvalue weighted by atomic mass is 19.2. The SMILES string of the molecule is CC.CC1Nc2c(F)c(F)c(F)c(F)c2N1. The van der Waals surface area contributed by atoms with Crippen LogP contribution in [-0.2, 0) is 0 Å². The molecule has 1 aromatic rings. The van der Waals surface area contributed by atoms with Crippen molar-refractivity contribution in [3.05, 3.63) is 23.3 Å². The molecule has 0 aliphatic carbocycles. The number of rotatable bonds is 0. The minimum Gasteiger partial charge on any atom is -0.361 e. The molecule has 2 nitrogen and oxygen atoms in total. The molecule has 0 radical (unpaired) electrons. The summed E-state index contributed by atoms with van der Waals surface area (Å²) in [4.78, 5) is 0. The molecule has 16 heavy (non-hydrogen) atoms. The fraction of sp³-hybridized carbons (Fsp3) is 0.400. The van der Waals surface area contributed by atoms with Gasteiger partial charge in [-0.1, -0.05) is 13.8 Å². The molecule has 1 heterocycles. The number of fused-ring (bicyclic) bond motifs is 1. The zero-order valence-electron chi connectivity index (χ0n) is 9.09. The lowest BCUT2D eigenvalue weighted by Crippen LogP contribution is -2.16. The van der Waals surface area contributed by atoms with E-state index in [1.54, 1.807) is 6.92 Å². The minimum atomic E-state index is -1.80. The van der Waals surface area contributed by atoms with Crippen molar-refractivity contribution in [2.75, 3.05) is 10.6 Å². The molecule has 1 aliphatic heterocycles. The summed E-state index contributed by atoms with van der Waals surface area (Å²) >= 11 is 0. The van der Waals surface area contributed by atoms with E-state index in [0.29, 0.717) is 0 Å². The summed E-state index contributed by atoms with van der Waals surface area (Å²) in [7, 11) is 0. The van der Waals surface area contributed by atoms with Crippen molar-refractivity contribution < 1.29 is 17.6 Å². The van der Waals surface area contributed by atoms with Crippen LogP contribution in [0, 0.1) is 23.3 Å². The van der Waals surface area contributed by atoms with Gasteiger partial charge in [0.1, 0.15) is 11.4 Å². The summed E-state index contributed by atoms with van der Waals surface area (Å²) < 4.78 is 51.5. The monoisotopic (exact) mass is 236 g/mol. The van der Waals surface area contributed by atoms with Crippen LogP contribution in [0.25, 0.3) is 0 Å². The second-order valence-electron chi connectivity index (χ2n) is 3.02. The first-order chi connectivity index (χ1) is 7.52. The zero-order valence-corrected chi connectivity index (χ0v) is 9.09. The van der Waals surface area contributed by atoms with E-state index >= 15 is 0 Å². The molecular weight excluding hydrogens is 224 g/mol. The van der Waals surface area contributed by atoms with Crippen LogP contribution in [0.2, 0.25) is 0 Å². The van der Waals surface area contributed by atoms with Gasteiger partial charge in [-0.05, 0) is 6.92 Å². The summed E-state index contributed by atoms with van der Waals surface area (Å²) in [5, 5.41) is 4.88. The van der Waals surface area contributed by atoms with Gasteiger partial charge in [0.2, 0.25) is 0 Å². The molecule has 1 aliphatic rings. The Balaban J connectivity index is 0.000000606. The highest BCUT2D eigenvalue weighted by molar-refractivity contribution is 5.75. The van der Waals surface area contributed by atoms with Gasteiger partial charge in [0.05, 0.1) is 6.17 Å². The molecular formula is C10H12F4N2. The predicted octanol–water partition coefficient (Wildman–Crippen LogP) is 3.45. The fourth-order valence-corrected chi connectivity index (χ4v) is 1.37. The molecule has 0 amide bonds. The van der Waals surface area contributed by atoms with Crippen LogP contribution >= 0.6 is 0 Å². The lowest BCUT2D eigenvalue weighted by Gasteiger charge is -2.04. The van der Waals surface area contributed by atoms with Gasteiger partial charge in [-0.25, -0.2) is 17.6 Å². The fourth-order valence-electron chi connectivity index (χ4n) is 1.37. The second kappa shape index (κ2) is 4.59. The van der Waals surface area contributed by atoms with Crippen molar-refractivity contribution in [3.63, 3.8) is 0 Å². The van der Waals surface area contributed by atoms with Gasteiger partial charge in [0.15, 0.2) is 23.3 Å². The lowest BCUT2D eigenvalue weighted by atomic mass is 10.2. The Bertz CT molecular complexity index is 370. The maximum Gasteiger partial charge on any atom is 0.199 e. The van der Waals surface area contributed by atoms with Crippen LogP contribution in [-0.4, -0.2) is 6.17 Å². The van der Waals surface area contributed by atoms with Crippen molar-refractivity contribution in [1.82, 2.24) is 0 Å². The Morgan fingerprint density at radius 2 is 1.06 bits per heavy atom. The summed E-state index contributed by atoms with van der Waals surface area (Å²) in [5.41, 5.74) is -0.734. The van der Waals surface area contributed by atoms with Crippen molar-refractivity contribution in [1.29, 1.82) is 0 Å². The van der Waals surface area contributed by atoms with E-state index in [9.17, 15) is 17.6 Å². The molecule has 1 aromatic carbocycles. The average Bonchev–Trinajstić information content (AvgIpc) is 2.68. The maximum absolute atomic E-state index is 13.0. The van der Waals surface area contributed by atoms with Gasteiger partial charge in [-0.2, -0.15) is 0 Å². The molecule has 0 aromatic heterocycles. The Kier molecular flexibility index (Phi) is 3.62. The van der Waals surface area contributed by atoms with E-state index in [4.69, 9.17) is 0 Å². The molecule has 0 unspecified atom stereocenters. The number of hydrogen-bond acceptors (Lipinski definition) is 2. The minimum absolute atomic E-state index is 0.367. The van der Waals surface area contributed by atoms with Crippen molar-refractivity contribution >= 4 is 11.4 Å². The van der Waals surface area contributed by atoms with Gasteiger partial charge in [0.25, 0.3) is 0 Å². The van der Waals surface area contributed by atoms with Gasteiger partial charge in [0, 0.05) is 0 Å². The molecule has 0 spiro atoms. The largest absolute Gasteiger partial charge is 0.361 e. The van der Waals surface area contributed by atoms with E-state index in [-0.39, 0.29) is 11.4 Å². The topological polar surface area (TPSA) is 24.1 Å². The third-order valence-corrected chi connectivity index (χ3v) is 1.99. The second-order valence-corrected chi connectivity index (χ2v) is 3.02. The predicted molar refractivity (Wildman–Crippen MR) is 54.3 cm³/mol. The molecule has 2 rings (SSSR count). The van der Waals surface area contributed by atoms with Crippen LogP contribution in [0.5, 0.6) is 0 Å². The number of nitrogens with one attached hydrogen (secondary N) is 2. The van der Waals surface area contributed by atoms with Gasteiger partial charge >= 0.3 is 0 Å². The first-order valence-electron chi connectivity index (χ1n) is 4.91. The first kappa shape index (κ1) is 12.6. The Labute approximate surface area is 90.7 Å². The average molecular weight is 236 g/mol. The van der Waals surface area contributed by atoms with Crippen molar-refractivity contribution in [2.24, 2.45) is 0 Å². The molecule has 0 bridgehead atoms. The Morgan fingerprint density at radius 1 is 0.750 bits per heavy atom. The van der Waals surface area contributed by atoms with Crippen LogP contribution in [0.4, 0.5) is 28.9 Å². The highest BCUT2D eigenvalue weighted by Crippen LogP contribution is 2.37. The van der Waals surface area contributed by atoms with Gasteiger partial charge in [-0.15, -0.1) is 0 Å².